The number of benzene rings is 1. The number of hydrogen-bond donors (Lipinski definition) is 1. The lowest BCUT2D eigenvalue weighted by Crippen LogP contribution is -2.43. The molecule has 0 bridgehead atoms. The highest BCUT2D eigenvalue weighted by Crippen LogP contribution is 2.29. The molecule has 0 amide bonds. The van der Waals surface area contributed by atoms with E-state index in [1.807, 2.05) is 27.1 Å². The first kappa shape index (κ1) is 17.9. The van der Waals surface area contributed by atoms with Gasteiger partial charge in [0, 0.05) is 17.1 Å². The Hall–Kier alpha value is -1.13. The van der Waals surface area contributed by atoms with Gasteiger partial charge in [-0.3, -0.25) is 0 Å². The highest BCUT2D eigenvalue weighted by Gasteiger charge is 2.23. The maximum absolute atomic E-state index is 14.2. The van der Waals surface area contributed by atoms with Crippen LogP contribution in [0, 0.1) is 5.82 Å². The quantitative estimate of drug-likeness (QED) is 0.793. The molecule has 21 heavy (non-hydrogen) atoms. The zero-order valence-corrected chi connectivity index (χ0v) is 14.2. The SMILES string of the molecule is CCCNC(C)c1c(F)cccc1OCC(C)(C)N(C)C. The van der Waals surface area contributed by atoms with Crippen molar-refractivity contribution in [2.24, 2.45) is 0 Å². The van der Waals surface area contributed by atoms with E-state index in [0.717, 1.165) is 13.0 Å². The number of hydrogen-bond acceptors (Lipinski definition) is 3. The summed E-state index contributed by atoms with van der Waals surface area (Å²) in [6.07, 6.45) is 1.02. The zero-order chi connectivity index (χ0) is 16.0. The number of rotatable bonds is 8. The lowest BCUT2D eigenvalue weighted by atomic mass is 10.0. The van der Waals surface area contributed by atoms with E-state index in [0.29, 0.717) is 17.9 Å². The summed E-state index contributed by atoms with van der Waals surface area (Å²) in [5.74, 6) is 0.410. The topological polar surface area (TPSA) is 24.5 Å². The van der Waals surface area contributed by atoms with Crippen LogP contribution in [-0.2, 0) is 0 Å². The second-order valence-electron chi connectivity index (χ2n) is 6.32. The van der Waals surface area contributed by atoms with Crippen LogP contribution in [0.3, 0.4) is 0 Å². The van der Waals surface area contributed by atoms with E-state index in [4.69, 9.17) is 4.74 Å². The molecule has 1 N–H and O–H groups in total. The van der Waals surface area contributed by atoms with Crippen LogP contribution in [0.2, 0.25) is 0 Å². The summed E-state index contributed by atoms with van der Waals surface area (Å²) in [5.41, 5.74) is 0.504. The van der Waals surface area contributed by atoms with Crippen molar-refractivity contribution in [2.75, 3.05) is 27.2 Å². The fourth-order valence-corrected chi connectivity index (χ4v) is 1.91. The van der Waals surface area contributed by atoms with E-state index < -0.39 is 0 Å². The molecule has 0 spiro atoms. The second-order valence-corrected chi connectivity index (χ2v) is 6.32. The van der Waals surface area contributed by atoms with Gasteiger partial charge in [-0.1, -0.05) is 13.0 Å². The molecule has 3 nitrogen and oxygen atoms in total. The molecule has 0 aliphatic rings. The molecule has 1 atom stereocenters. The van der Waals surface area contributed by atoms with Crippen molar-refractivity contribution in [3.05, 3.63) is 29.6 Å². The van der Waals surface area contributed by atoms with Crippen molar-refractivity contribution in [1.82, 2.24) is 10.2 Å². The fraction of sp³-hybridized carbons (Fsp3) is 0.647. The monoisotopic (exact) mass is 296 g/mol. The van der Waals surface area contributed by atoms with Crippen LogP contribution in [0.15, 0.2) is 18.2 Å². The average Bonchev–Trinajstić information content (AvgIpc) is 2.42. The Morgan fingerprint density at radius 3 is 2.57 bits per heavy atom. The standard InChI is InChI=1S/C17H29FN2O/c1-7-11-19-13(2)16-14(18)9-8-10-15(16)21-12-17(3,4)20(5)6/h8-10,13,19H,7,11-12H2,1-6H3. The Morgan fingerprint density at radius 2 is 2.00 bits per heavy atom. The number of likely N-dealkylation sites (N-methyl/N-ethyl adjacent to an activating group) is 1. The minimum absolute atomic E-state index is 0.0661. The molecule has 4 heteroatoms. The van der Waals surface area contributed by atoms with Gasteiger partial charge in [-0.05, 0) is 60.0 Å². The first-order valence-corrected chi connectivity index (χ1v) is 7.61. The van der Waals surface area contributed by atoms with Crippen LogP contribution in [-0.4, -0.2) is 37.7 Å². The van der Waals surface area contributed by atoms with Crippen molar-refractivity contribution >= 4 is 0 Å². The van der Waals surface area contributed by atoms with Gasteiger partial charge in [0.1, 0.15) is 18.2 Å². The van der Waals surface area contributed by atoms with E-state index in [9.17, 15) is 4.39 Å². The normalized spacial score (nSPS) is 13.5. The van der Waals surface area contributed by atoms with Crippen LogP contribution >= 0.6 is 0 Å². The summed E-state index contributed by atoms with van der Waals surface area (Å²) in [4.78, 5) is 2.10. The summed E-state index contributed by atoms with van der Waals surface area (Å²) in [7, 11) is 4.03. The molecule has 1 unspecified atom stereocenters. The van der Waals surface area contributed by atoms with Gasteiger partial charge in [-0.2, -0.15) is 0 Å². The maximum Gasteiger partial charge on any atom is 0.131 e. The first-order valence-electron chi connectivity index (χ1n) is 7.61. The highest BCUT2D eigenvalue weighted by atomic mass is 19.1. The second kappa shape index (κ2) is 7.76. The van der Waals surface area contributed by atoms with Crippen LogP contribution < -0.4 is 10.1 Å². The van der Waals surface area contributed by atoms with Crippen molar-refractivity contribution in [1.29, 1.82) is 0 Å². The molecular weight excluding hydrogens is 267 g/mol. The van der Waals surface area contributed by atoms with E-state index in [1.54, 1.807) is 6.07 Å². The summed E-state index contributed by atoms with van der Waals surface area (Å²) >= 11 is 0. The minimum Gasteiger partial charge on any atom is -0.491 e. The lowest BCUT2D eigenvalue weighted by Gasteiger charge is -2.32. The van der Waals surface area contributed by atoms with E-state index in [2.05, 4.69) is 31.0 Å². The number of nitrogens with one attached hydrogen (secondary N) is 1. The number of ether oxygens (including phenoxy) is 1. The van der Waals surface area contributed by atoms with Crippen molar-refractivity contribution in [3.8, 4) is 5.75 Å². The Kier molecular flexibility index (Phi) is 6.62. The third-order valence-electron chi connectivity index (χ3n) is 3.94. The number of halogens is 1. The van der Waals surface area contributed by atoms with Crippen LogP contribution in [0.5, 0.6) is 5.75 Å². The molecule has 0 saturated heterocycles. The molecule has 1 aromatic carbocycles. The van der Waals surface area contributed by atoms with Gasteiger partial charge in [0.05, 0.1) is 0 Å². The molecule has 0 aliphatic carbocycles. The lowest BCUT2D eigenvalue weighted by molar-refractivity contribution is 0.112. The Balaban J connectivity index is 2.90. The summed E-state index contributed by atoms with van der Waals surface area (Å²) < 4.78 is 20.1. The van der Waals surface area contributed by atoms with Gasteiger partial charge in [0.2, 0.25) is 0 Å². The predicted molar refractivity (Wildman–Crippen MR) is 86.4 cm³/mol. The smallest absolute Gasteiger partial charge is 0.131 e. The average molecular weight is 296 g/mol. The third-order valence-corrected chi connectivity index (χ3v) is 3.94. The molecule has 120 valence electrons. The molecule has 0 radical (unpaired) electrons. The van der Waals surface area contributed by atoms with Crippen LogP contribution in [0.4, 0.5) is 4.39 Å². The van der Waals surface area contributed by atoms with Gasteiger partial charge in [-0.15, -0.1) is 0 Å². The fourth-order valence-electron chi connectivity index (χ4n) is 1.91. The minimum atomic E-state index is -0.216. The van der Waals surface area contributed by atoms with Gasteiger partial charge >= 0.3 is 0 Å². The molecular formula is C17H29FN2O. The molecule has 1 aromatic rings. The van der Waals surface area contributed by atoms with E-state index in [1.165, 1.54) is 6.07 Å². The van der Waals surface area contributed by atoms with E-state index in [-0.39, 0.29) is 17.4 Å². The molecule has 0 aromatic heterocycles. The van der Waals surface area contributed by atoms with Gasteiger partial charge in [-0.25, -0.2) is 4.39 Å². The Bertz CT molecular complexity index is 446. The van der Waals surface area contributed by atoms with Crippen molar-refractivity contribution in [2.45, 2.75) is 45.7 Å². The predicted octanol–water partition coefficient (Wildman–Crippen LogP) is 3.61. The van der Waals surface area contributed by atoms with Gasteiger partial charge < -0.3 is 15.0 Å². The number of nitrogens with zero attached hydrogens (tertiary/aromatic N) is 1. The summed E-state index contributed by atoms with van der Waals surface area (Å²) in [6.45, 7) is 9.64. The Morgan fingerprint density at radius 1 is 1.33 bits per heavy atom. The molecule has 0 fully saturated rings. The van der Waals surface area contributed by atoms with Crippen molar-refractivity contribution < 1.29 is 9.13 Å². The van der Waals surface area contributed by atoms with Crippen molar-refractivity contribution in [3.63, 3.8) is 0 Å². The summed E-state index contributed by atoms with van der Waals surface area (Å²) in [6, 6.07) is 4.96. The van der Waals surface area contributed by atoms with Gasteiger partial charge in [0.15, 0.2) is 0 Å². The molecule has 0 heterocycles. The van der Waals surface area contributed by atoms with Crippen LogP contribution in [0.25, 0.3) is 0 Å². The van der Waals surface area contributed by atoms with Crippen LogP contribution in [0.1, 0.15) is 45.7 Å². The largest absolute Gasteiger partial charge is 0.491 e. The first-order chi connectivity index (χ1) is 9.79. The van der Waals surface area contributed by atoms with E-state index >= 15 is 0 Å². The molecule has 0 saturated carbocycles. The Labute approximate surface area is 128 Å². The highest BCUT2D eigenvalue weighted by molar-refractivity contribution is 5.37. The maximum atomic E-state index is 14.2. The summed E-state index contributed by atoms with van der Waals surface area (Å²) in [5, 5.41) is 3.32. The molecule has 1 rings (SSSR count). The van der Waals surface area contributed by atoms with Gasteiger partial charge in [0.25, 0.3) is 0 Å². The molecule has 0 aliphatic heterocycles. The zero-order valence-electron chi connectivity index (χ0n) is 14.2. The third kappa shape index (κ3) is 4.97.